The summed E-state index contributed by atoms with van der Waals surface area (Å²) in [7, 11) is 0. The van der Waals surface area contributed by atoms with Crippen LogP contribution in [0.3, 0.4) is 0 Å². The van der Waals surface area contributed by atoms with Gasteiger partial charge in [0.1, 0.15) is 0 Å². The Morgan fingerprint density at radius 1 is 1.29 bits per heavy atom. The third-order valence-corrected chi connectivity index (χ3v) is 2.59. The van der Waals surface area contributed by atoms with Crippen LogP contribution in [-0.2, 0) is 15.0 Å². The van der Waals surface area contributed by atoms with Crippen molar-refractivity contribution in [2.45, 2.75) is 33.1 Å². The van der Waals surface area contributed by atoms with E-state index in [1.165, 1.54) is 6.08 Å². The molecule has 17 heavy (non-hydrogen) atoms. The number of hydrogen-bond donors (Lipinski definition) is 0. The van der Waals surface area contributed by atoms with Crippen molar-refractivity contribution in [2.75, 3.05) is 4.90 Å². The number of amides is 2. The number of hydrogen-bond acceptors (Lipinski definition) is 4. The molecule has 0 N–H and O–H groups in total. The summed E-state index contributed by atoms with van der Waals surface area (Å²) in [6.07, 6.45) is 1.29. The lowest BCUT2D eigenvalue weighted by molar-refractivity contribution is -0.120. The van der Waals surface area contributed by atoms with Crippen LogP contribution in [0.2, 0.25) is 0 Å². The van der Waals surface area contributed by atoms with Crippen molar-refractivity contribution in [3.63, 3.8) is 0 Å². The van der Waals surface area contributed by atoms with Crippen molar-refractivity contribution in [2.24, 2.45) is 0 Å². The highest BCUT2D eigenvalue weighted by molar-refractivity contribution is 6.29. The van der Waals surface area contributed by atoms with Gasteiger partial charge in [-0.1, -0.05) is 25.9 Å². The maximum atomic E-state index is 11.7. The van der Waals surface area contributed by atoms with Crippen molar-refractivity contribution in [1.29, 1.82) is 0 Å². The van der Waals surface area contributed by atoms with Gasteiger partial charge in [-0.3, -0.25) is 9.59 Å². The van der Waals surface area contributed by atoms with E-state index < -0.39 is 0 Å². The summed E-state index contributed by atoms with van der Waals surface area (Å²) in [5.41, 5.74) is 0.928. The van der Waals surface area contributed by atoms with E-state index in [0.29, 0.717) is 11.3 Å². The normalized spacial score (nSPS) is 16.7. The molecule has 0 radical (unpaired) electrons. The molecular formula is C12H14N2O3. The zero-order chi connectivity index (χ0) is 12.8. The van der Waals surface area contributed by atoms with E-state index in [9.17, 15) is 9.59 Å². The fourth-order valence-electron chi connectivity index (χ4n) is 1.52. The van der Waals surface area contributed by atoms with E-state index in [-0.39, 0.29) is 23.1 Å². The minimum Gasteiger partial charge on any atom is -0.337 e. The molecule has 1 aliphatic rings. The van der Waals surface area contributed by atoms with E-state index >= 15 is 0 Å². The van der Waals surface area contributed by atoms with Gasteiger partial charge in [0.25, 0.3) is 11.8 Å². The van der Waals surface area contributed by atoms with E-state index in [2.05, 4.69) is 5.16 Å². The molecule has 5 nitrogen and oxygen atoms in total. The predicted molar refractivity (Wildman–Crippen MR) is 61.5 cm³/mol. The van der Waals surface area contributed by atoms with Crippen LogP contribution in [0.5, 0.6) is 0 Å². The Bertz CT molecular complexity index is 520. The highest BCUT2D eigenvalue weighted by Gasteiger charge is 2.33. The van der Waals surface area contributed by atoms with Crippen LogP contribution in [0.15, 0.2) is 22.2 Å². The second kappa shape index (κ2) is 3.55. The first-order valence-corrected chi connectivity index (χ1v) is 5.34. The number of rotatable bonds is 1. The Morgan fingerprint density at radius 3 is 2.35 bits per heavy atom. The Hall–Kier alpha value is -1.91. The Morgan fingerprint density at radius 2 is 1.94 bits per heavy atom. The summed E-state index contributed by atoms with van der Waals surface area (Å²) >= 11 is 0. The van der Waals surface area contributed by atoms with E-state index in [0.717, 1.165) is 4.90 Å². The highest BCUT2D eigenvalue weighted by atomic mass is 16.5. The molecule has 2 rings (SSSR count). The zero-order valence-corrected chi connectivity index (χ0v) is 10.3. The monoisotopic (exact) mass is 234 g/mol. The smallest absolute Gasteiger partial charge is 0.263 e. The Kier molecular flexibility index (Phi) is 2.41. The zero-order valence-electron chi connectivity index (χ0n) is 10.3. The van der Waals surface area contributed by atoms with Gasteiger partial charge in [-0.25, -0.2) is 4.90 Å². The van der Waals surface area contributed by atoms with Gasteiger partial charge in [0.2, 0.25) is 5.88 Å². The lowest BCUT2D eigenvalue weighted by atomic mass is 9.92. The van der Waals surface area contributed by atoms with Gasteiger partial charge in [0.15, 0.2) is 0 Å². The van der Waals surface area contributed by atoms with Crippen LogP contribution in [0, 0.1) is 0 Å². The molecule has 0 aromatic carbocycles. The van der Waals surface area contributed by atoms with Crippen LogP contribution in [0.1, 0.15) is 33.4 Å². The topological polar surface area (TPSA) is 63.4 Å². The minimum atomic E-state index is -0.385. The molecule has 0 bridgehead atoms. The molecule has 0 atom stereocenters. The SMILES string of the molecule is CC1=CC(=O)N(c2cc(C(C)(C)C)no2)C1=O. The lowest BCUT2D eigenvalue weighted by Crippen LogP contribution is -2.30. The Balaban J connectivity index is 2.34. The van der Waals surface area contributed by atoms with Crippen molar-refractivity contribution in [1.82, 2.24) is 5.16 Å². The molecule has 0 saturated heterocycles. The molecule has 0 saturated carbocycles. The van der Waals surface area contributed by atoms with Gasteiger partial charge in [0, 0.05) is 23.1 Å². The number of carbonyl (C=O) groups excluding carboxylic acids is 2. The molecule has 0 aliphatic carbocycles. The van der Waals surface area contributed by atoms with Gasteiger partial charge in [-0.05, 0) is 6.92 Å². The van der Waals surface area contributed by atoms with Crippen molar-refractivity contribution >= 4 is 17.7 Å². The standard InChI is InChI=1S/C12H14N2O3/c1-7-5-9(15)14(11(7)16)10-6-8(13-17-10)12(2,3)4/h5-6H,1-4H3. The molecule has 1 aromatic rings. The number of carbonyl (C=O) groups is 2. The molecular weight excluding hydrogens is 220 g/mol. The predicted octanol–water partition coefficient (Wildman–Crippen LogP) is 1.79. The summed E-state index contributed by atoms with van der Waals surface area (Å²) in [4.78, 5) is 24.3. The van der Waals surface area contributed by atoms with Crippen LogP contribution in [0.4, 0.5) is 5.88 Å². The van der Waals surface area contributed by atoms with Gasteiger partial charge in [0.05, 0.1) is 5.69 Å². The molecule has 5 heteroatoms. The molecule has 2 heterocycles. The highest BCUT2D eigenvalue weighted by Crippen LogP contribution is 2.28. The number of nitrogens with zero attached hydrogens (tertiary/aromatic N) is 2. The van der Waals surface area contributed by atoms with Gasteiger partial charge < -0.3 is 4.52 Å². The van der Waals surface area contributed by atoms with E-state index in [1.54, 1.807) is 13.0 Å². The maximum absolute atomic E-state index is 11.7. The molecule has 0 unspecified atom stereocenters. The third-order valence-electron chi connectivity index (χ3n) is 2.59. The van der Waals surface area contributed by atoms with Gasteiger partial charge in [-0.15, -0.1) is 0 Å². The van der Waals surface area contributed by atoms with E-state index in [4.69, 9.17) is 4.52 Å². The van der Waals surface area contributed by atoms with Crippen molar-refractivity contribution in [3.8, 4) is 0 Å². The second-order valence-corrected chi connectivity index (χ2v) is 5.11. The first-order chi connectivity index (χ1) is 7.80. The maximum Gasteiger partial charge on any atom is 0.263 e. The van der Waals surface area contributed by atoms with Crippen LogP contribution < -0.4 is 4.90 Å². The van der Waals surface area contributed by atoms with Crippen molar-refractivity contribution in [3.05, 3.63) is 23.4 Å². The second-order valence-electron chi connectivity index (χ2n) is 5.11. The largest absolute Gasteiger partial charge is 0.337 e. The van der Waals surface area contributed by atoms with Crippen LogP contribution in [-0.4, -0.2) is 17.0 Å². The number of anilines is 1. The van der Waals surface area contributed by atoms with Gasteiger partial charge in [-0.2, -0.15) is 0 Å². The molecule has 2 amide bonds. The average Bonchev–Trinajstić information content (AvgIpc) is 2.73. The Labute approximate surface area is 99.1 Å². The van der Waals surface area contributed by atoms with E-state index in [1.807, 2.05) is 20.8 Å². The minimum absolute atomic E-state index is 0.179. The third kappa shape index (κ3) is 1.88. The summed E-state index contributed by atoms with van der Waals surface area (Å²) in [6.45, 7) is 7.53. The summed E-state index contributed by atoms with van der Waals surface area (Å²) in [6, 6.07) is 1.63. The molecule has 1 aromatic heterocycles. The summed E-state index contributed by atoms with van der Waals surface area (Å²) in [5, 5.41) is 3.88. The molecule has 1 aliphatic heterocycles. The molecule has 0 fully saturated rings. The lowest BCUT2D eigenvalue weighted by Gasteiger charge is -2.13. The van der Waals surface area contributed by atoms with Gasteiger partial charge >= 0.3 is 0 Å². The number of aromatic nitrogens is 1. The average molecular weight is 234 g/mol. The quantitative estimate of drug-likeness (QED) is 0.695. The fourth-order valence-corrected chi connectivity index (χ4v) is 1.52. The van der Waals surface area contributed by atoms with Crippen LogP contribution in [0.25, 0.3) is 0 Å². The summed E-state index contributed by atoms with van der Waals surface area (Å²) in [5.74, 6) is -0.561. The van der Waals surface area contributed by atoms with Crippen LogP contribution >= 0.6 is 0 Å². The first-order valence-electron chi connectivity index (χ1n) is 5.34. The first kappa shape index (κ1) is 11.6. The fraction of sp³-hybridized carbons (Fsp3) is 0.417. The molecule has 0 spiro atoms. The number of imide groups is 1. The van der Waals surface area contributed by atoms with Crippen molar-refractivity contribution < 1.29 is 14.1 Å². The summed E-state index contributed by atoms with van der Waals surface area (Å²) < 4.78 is 5.07. The molecule has 90 valence electrons.